The Hall–Kier alpha value is -1.88. The second-order valence-corrected chi connectivity index (χ2v) is 5.11. The Morgan fingerprint density at radius 1 is 0.571 bits per heavy atom. The molecule has 0 saturated carbocycles. The van der Waals surface area contributed by atoms with Gasteiger partial charge in [-0.3, -0.25) is 4.55 Å². The summed E-state index contributed by atoms with van der Waals surface area (Å²) in [6.07, 6.45) is 0. The molecule has 2 rings (SSSR count). The van der Waals surface area contributed by atoms with Gasteiger partial charge in [0, 0.05) is 0 Å². The molecule has 0 heterocycles. The standard InChI is InChI=1S/C10HF7O3S/c11-3-1-2(4(12)8(16)7(3)15)6(14)10(21(18,19)20)9(17)5(1)13/h(H,18,19,20). The SMILES string of the molecule is O=S(=O)(O)c1c(F)c(F)c2c(F)c(F)c(F)c(F)c2c1F. The lowest BCUT2D eigenvalue weighted by atomic mass is 10.1. The lowest BCUT2D eigenvalue weighted by molar-refractivity contribution is 0.405. The number of rotatable bonds is 1. The van der Waals surface area contributed by atoms with Crippen molar-refractivity contribution in [3.63, 3.8) is 0 Å². The van der Waals surface area contributed by atoms with Crippen molar-refractivity contribution < 1.29 is 43.7 Å². The Morgan fingerprint density at radius 2 is 0.905 bits per heavy atom. The van der Waals surface area contributed by atoms with Crippen molar-refractivity contribution in [1.29, 1.82) is 0 Å². The van der Waals surface area contributed by atoms with E-state index in [9.17, 15) is 39.2 Å². The number of halogens is 7. The van der Waals surface area contributed by atoms with Crippen molar-refractivity contribution >= 4 is 20.9 Å². The molecule has 0 bridgehead atoms. The molecule has 0 aliphatic carbocycles. The van der Waals surface area contributed by atoms with Crippen LogP contribution in [0.4, 0.5) is 30.7 Å². The summed E-state index contributed by atoms with van der Waals surface area (Å²) < 4.78 is 123. The van der Waals surface area contributed by atoms with Crippen LogP contribution < -0.4 is 0 Å². The van der Waals surface area contributed by atoms with E-state index in [-0.39, 0.29) is 0 Å². The minimum absolute atomic E-state index is 1.96. The summed E-state index contributed by atoms with van der Waals surface area (Å²) in [7, 11) is -5.73. The Kier molecular flexibility index (Phi) is 3.37. The van der Waals surface area contributed by atoms with E-state index < -0.39 is 66.5 Å². The summed E-state index contributed by atoms with van der Waals surface area (Å²) in [5.74, 6) is -17.7. The fraction of sp³-hybridized carbons (Fsp3) is 0. The van der Waals surface area contributed by atoms with Gasteiger partial charge < -0.3 is 0 Å². The van der Waals surface area contributed by atoms with E-state index in [2.05, 4.69) is 0 Å². The van der Waals surface area contributed by atoms with Crippen molar-refractivity contribution in [1.82, 2.24) is 0 Å². The third-order valence-corrected chi connectivity index (χ3v) is 3.43. The molecule has 0 atom stereocenters. The number of hydrogen-bond acceptors (Lipinski definition) is 2. The topological polar surface area (TPSA) is 54.4 Å². The van der Waals surface area contributed by atoms with Crippen LogP contribution in [-0.4, -0.2) is 13.0 Å². The van der Waals surface area contributed by atoms with E-state index in [0.717, 1.165) is 0 Å². The second kappa shape index (κ2) is 4.56. The molecular formula is C10HF7O3S. The maximum absolute atomic E-state index is 13.7. The molecule has 0 radical (unpaired) electrons. The minimum Gasteiger partial charge on any atom is -0.282 e. The molecule has 0 aromatic heterocycles. The summed E-state index contributed by atoms with van der Waals surface area (Å²) in [4.78, 5) is -2.35. The molecule has 2 aromatic rings. The van der Waals surface area contributed by atoms with E-state index in [1.54, 1.807) is 0 Å². The smallest absolute Gasteiger partial charge is 0.282 e. The molecule has 3 nitrogen and oxygen atoms in total. The van der Waals surface area contributed by atoms with E-state index in [4.69, 9.17) is 4.55 Å². The first-order valence-electron chi connectivity index (χ1n) is 4.79. The van der Waals surface area contributed by atoms with Crippen LogP contribution >= 0.6 is 0 Å². The highest BCUT2D eigenvalue weighted by Gasteiger charge is 2.34. The normalized spacial score (nSPS) is 12.2. The summed E-state index contributed by atoms with van der Waals surface area (Å²) in [6, 6.07) is 0. The summed E-state index contributed by atoms with van der Waals surface area (Å²) >= 11 is 0. The van der Waals surface area contributed by atoms with Crippen LogP contribution in [0.5, 0.6) is 0 Å². The van der Waals surface area contributed by atoms with Gasteiger partial charge in [-0.1, -0.05) is 0 Å². The van der Waals surface area contributed by atoms with Crippen molar-refractivity contribution in [3.05, 3.63) is 40.7 Å². The average molecular weight is 334 g/mol. The molecule has 1 N–H and O–H groups in total. The van der Waals surface area contributed by atoms with Crippen LogP contribution in [0, 0.1) is 40.7 Å². The maximum Gasteiger partial charge on any atom is 0.300 e. The van der Waals surface area contributed by atoms with Gasteiger partial charge in [0.25, 0.3) is 0 Å². The predicted molar refractivity (Wildman–Crippen MR) is 53.5 cm³/mol. The molecule has 0 unspecified atom stereocenters. The molecule has 2 aromatic carbocycles. The molecule has 0 amide bonds. The average Bonchev–Trinajstić information content (AvgIpc) is 2.36. The van der Waals surface area contributed by atoms with E-state index >= 15 is 0 Å². The van der Waals surface area contributed by atoms with Crippen molar-refractivity contribution in [2.75, 3.05) is 0 Å². The van der Waals surface area contributed by atoms with E-state index in [1.165, 1.54) is 0 Å². The molecular weight excluding hydrogens is 333 g/mol. The monoisotopic (exact) mass is 334 g/mol. The van der Waals surface area contributed by atoms with Crippen molar-refractivity contribution in [2.45, 2.75) is 4.90 Å². The molecule has 0 saturated heterocycles. The van der Waals surface area contributed by atoms with Gasteiger partial charge in [-0.15, -0.1) is 0 Å². The number of fused-ring (bicyclic) bond motifs is 1. The van der Waals surface area contributed by atoms with E-state index in [1.807, 2.05) is 0 Å². The van der Waals surface area contributed by atoms with Gasteiger partial charge in [0.2, 0.25) is 0 Å². The highest BCUT2D eigenvalue weighted by atomic mass is 32.2. The fourth-order valence-corrected chi connectivity index (χ4v) is 2.33. The summed E-state index contributed by atoms with van der Waals surface area (Å²) in [5.41, 5.74) is 0. The molecule has 11 heteroatoms. The van der Waals surface area contributed by atoms with Gasteiger partial charge in [0.15, 0.2) is 45.6 Å². The van der Waals surface area contributed by atoms with Crippen LogP contribution in [0.25, 0.3) is 10.8 Å². The Balaban J connectivity index is 3.27. The van der Waals surface area contributed by atoms with Gasteiger partial charge in [-0.05, 0) is 0 Å². The predicted octanol–water partition coefficient (Wildman–Crippen LogP) is 3.06. The van der Waals surface area contributed by atoms with Crippen molar-refractivity contribution in [2.24, 2.45) is 0 Å². The van der Waals surface area contributed by atoms with Gasteiger partial charge in [-0.2, -0.15) is 8.42 Å². The first-order chi connectivity index (χ1) is 9.50. The zero-order valence-corrected chi connectivity index (χ0v) is 10.1. The summed E-state index contributed by atoms with van der Waals surface area (Å²) in [5, 5.41) is -3.95. The first-order valence-corrected chi connectivity index (χ1v) is 6.23. The number of hydrogen-bond donors (Lipinski definition) is 1. The Labute approximate surface area is 111 Å². The number of benzene rings is 2. The largest absolute Gasteiger partial charge is 0.300 e. The highest BCUT2D eigenvalue weighted by molar-refractivity contribution is 7.85. The Bertz CT molecular complexity index is 892. The third kappa shape index (κ3) is 2.03. The molecule has 114 valence electrons. The zero-order valence-electron chi connectivity index (χ0n) is 9.32. The minimum atomic E-state index is -5.73. The van der Waals surface area contributed by atoms with E-state index in [0.29, 0.717) is 0 Å². The second-order valence-electron chi connectivity index (χ2n) is 3.75. The van der Waals surface area contributed by atoms with Crippen LogP contribution in [-0.2, 0) is 10.1 Å². The highest BCUT2D eigenvalue weighted by Crippen LogP contribution is 2.35. The Morgan fingerprint density at radius 3 is 1.29 bits per heavy atom. The van der Waals surface area contributed by atoms with Gasteiger partial charge in [0.1, 0.15) is 0 Å². The maximum atomic E-state index is 13.7. The molecule has 0 fully saturated rings. The van der Waals surface area contributed by atoms with Gasteiger partial charge in [0.05, 0.1) is 10.8 Å². The van der Waals surface area contributed by atoms with Crippen LogP contribution in [0.3, 0.4) is 0 Å². The lowest BCUT2D eigenvalue weighted by Gasteiger charge is -2.10. The zero-order chi connectivity index (χ0) is 16.3. The quantitative estimate of drug-likeness (QED) is 0.377. The molecule has 0 aliphatic heterocycles. The van der Waals surface area contributed by atoms with Crippen LogP contribution in [0.2, 0.25) is 0 Å². The molecule has 0 aliphatic rings. The summed E-state index contributed by atoms with van der Waals surface area (Å²) in [6.45, 7) is 0. The van der Waals surface area contributed by atoms with Crippen molar-refractivity contribution in [3.8, 4) is 0 Å². The molecule has 21 heavy (non-hydrogen) atoms. The third-order valence-electron chi connectivity index (χ3n) is 2.56. The lowest BCUT2D eigenvalue weighted by Crippen LogP contribution is -2.11. The first kappa shape index (κ1) is 15.5. The fourth-order valence-electron chi connectivity index (χ4n) is 1.69. The van der Waals surface area contributed by atoms with Gasteiger partial charge >= 0.3 is 10.1 Å². The van der Waals surface area contributed by atoms with Crippen LogP contribution in [0.15, 0.2) is 4.90 Å². The van der Waals surface area contributed by atoms with Gasteiger partial charge in [-0.25, -0.2) is 30.7 Å². The van der Waals surface area contributed by atoms with Crippen LogP contribution in [0.1, 0.15) is 0 Å². The molecule has 0 spiro atoms.